The molecule has 1 aliphatic heterocycles. The highest BCUT2D eigenvalue weighted by Crippen LogP contribution is 2.26. The number of hydrogen-bond donors (Lipinski definition) is 1. The highest BCUT2D eigenvalue weighted by atomic mass is 16.2. The van der Waals surface area contributed by atoms with E-state index in [0.717, 1.165) is 22.4 Å². The molecule has 1 saturated heterocycles. The van der Waals surface area contributed by atoms with Crippen LogP contribution >= 0.6 is 0 Å². The number of para-hydroxylation sites is 1. The fourth-order valence-corrected chi connectivity index (χ4v) is 3.88. The van der Waals surface area contributed by atoms with E-state index < -0.39 is 5.41 Å². The number of aryl methyl sites for hydroxylation is 2. The molecule has 154 valence electrons. The minimum Gasteiger partial charge on any atom is -0.339 e. The molecule has 2 aromatic carbocycles. The minimum absolute atomic E-state index is 0.00760. The third-order valence-electron chi connectivity index (χ3n) is 5.80. The monoisotopic (exact) mass is 393 g/mol. The van der Waals surface area contributed by atoms with Crippen LogP contribution in [0.3, 0.4) is 0 Å². The molecule has 0 unspecified atom stereocenters. The predicted molar refractivity (Wildman–Crippen MR) is 117 cm³/mol. The van der Waals surface area contributed by atoms with Gasteiger partial charge in [-0.1, -0.05) is 48.5 Å². The molecule has 0 aromatic heterocycles. The summed E-state index contributed by atoms with van der Waals surface area (Å²) in [6, 6.07) is 15.9. The highest BCUT2D eigenvalue weighted by molar-refractivity contribution is 5.93. The summed E-state index contributed by atoms with van der Waals surface area (Å²) in [5.74, 6) is 0.134. The van der Waals surface area contributed by atoms with Crippen molar-refractivity contribution in [1.29, 1.82) is 0 Å². The minimum atomic E-state index is -0.552. The van der Waals surface area contributed by atoms with Crippen molar-refractivity contribution in [3.8, 4) is 0 Å². The van der Waals surface area contributed by atoms with Crippen LogP contribution in [0.4, 0.5) is 5.69 Å². The van der Waals surface area contributed by atoms with Crippen molar-refractivity contribution in [1.82, 2.24) is 9.80 Å². The summed E-state index contributed by atoms with van der Waals surface area (Å²) in [7, 11) is 0. The first-order chi connectivity index (χ1) is 13.8. The second-order valence-electron chi connectivity index (χ2n) is 8.37. The first-order valence-corrected chi connectivity index (χ1v) is 10.2. The van der Waals surface area contributed by atoms with Crippen LogP contribution in [-0.4, -0.2) is 54.3 Å². The van der Waals surface area contributed by atoms with Gasteiger partial charge in [-0.3, -0.25) is 14.5 Å². The average molecular weight is 394 g/mol. The normalized spacial score (nSPS) is 15.2. The number of nitrogens with one attached hydrogen (secondary N) is 1. The van der Waals surface area contributed by atoms with E-state index in [4.69, 9.17) is 0 Å². The van der Waals surface area contributed by atoms with Gasteiger partial charge in [-0.05, 0) is 44.4 Å². The van der Waals surface area contributed by atoms with E-state index in [2.05, 4.69) is 10.2 Å². The van der Waals surface area contributed by atoms with Crippen molar-refractivity contribution in [3.05, 3.63) is 65.2 Å². The summed E-state index contributed by atoms with van der Waals surface area (Å²) in [5, 5.41) is 3.04. The van der Waals surface area contributed by atoms with Crippen LogP contribution in [0.1, 0.15) is 30.5 Å². The quantitative estimate of drug-likeness (QED) is 0.847. The molecule has 0 radical (unpaired) electrons. The number of rotatable bonds is 5. The standard InChI is InChI=1S/C24H31N3O2/c1-18-9-8-10-19(2)22(18)25-21(28)17-26-13-15-27(16-14-26)23(29)24(3,4)20-11-6-5-7-12-20/h5-12H,13-17H2,1-4H3,(H,25,28). The Morgan fingerprint density at radius 2 is 1.48 bits per heavy atom. The molecule has 0 aliphatic carbocycles. The first kappa shape index (κ1) is 21.1. The lowest BCUT2D eigenvalue weighted by Gasteiger charge is -2.38. The zero-order valence-electron chi connectivity index (χ0n) is 17.9. The van der Waals surface area contributed by atoms with E-state index in [1.54, 1.807) is 0 Å². The van der Waals surface area contributed by atoms with Gasteiger partial charge in [0.15, 0.2) is 0 Å². The number of nitrogens with zero attached hydrogens (tertiary/aromatic N) is 2. The van der Waals surface area contributed by atoms with Gasteiger partial charge in [0.25, 0.3) is 0 Å². The molecule has 0 spiro atoms. The predicted octanol–water partition coefficient (Wildman–Crippen LogP) is 3.36. The number of hydrogen-bond acceptors (Lipinski definition) is 3. The van der Waals surface area contributed by atoms with Crippen LogP contribution in [0, 0.1) is 13.8 Å². The third-order valence-corrected chi connectivity index (χ3v) is 5.80. The molecular formula is C24H31N3O2. The third kappa shape index (κ3) is 4.85. The fraction of sp³-hybridized carbons (Fsp3) is 0.417. The van der Waals surface area contributed by atoms with E-state index in [9.17, 15) is 9.59 Å². The molecule has 1 fully saturated rings. The molecule has 0 saturated carbocycles. The molecule has 2 aromatic rings. The molecule has 3 rings (SSSR count). The lowest BCUT2D eigenvalue weighted by molar-refractivity contribution is -0.138. The first-order valence-electron chi connectivity index (χ1n) is 10.2. The highest BCUT2D eigenvalue weighted by Gasteiger charge is 2.35. The Balaban J connectivity index is 1.54. The van der Waals surface area contributed by atoms with Crippen molar-refractivity contribution in [2.75, 3.05) is 38.0 Å². The zero-order valence-corrected chi connectivity index (χ0v) is 17.9. The Kier molecular flexibility index (Phi) is 6.38. The number of piperazine rings is 1. The van der Waals surface area contributed by atoms with Crippen molar-refractivity contribution in [2.45, 2.75) is 33.1 Å². The van der Waals surface area contributed by atoms with E-state index >= 15 is 0 Å². The molecule has 1 aliphatic rings. The Morgan fingerprint density at radius 1 is 0.897 bits per heavy atom. The second kappa shape index (κ2) is 8.78. The lowest BCUT2D eigenvalue weighted by atomic mass is 9.83. The zero-order chi connectivity index (χ0) is 21.0. The fourth-order valence-electron chi connectivity index (χ4n) is 3.88. The molecule has 2 amide bonds. The van der Waals surface area contributed by atoms with Crippen molar-refractivity contribution >= 4 is 17.5 Å². The summed E-state index contributed by atoms with van der Waals surface area (Å²) in [6.07, 6.45) is 0. The summed E-state index contributed by atoms with van der Waals surface area (Å²) in [4.78, 5) is 29.6. The number of carbonyl (C=O) groups excluding carboxylic acids is 2. The molecule has 0 bridgehead atoms. The molecule has 0 atom stereocenters. The summed E-state index contributed by atoms with van der Waals surface area (Å²) in [5.41, 5.74) is 3.51. The number of carbonyl (C=O) groups is 2. The number of amides is 2. The maximum Gasteiger partial charge on any atom is 0.238 e. The van der Waals surface area contributed by atoms with Crippen LogP contribution in [0.25, 0.3) is 0 Å². The molecule has 5 heteroatoms. The average Bonchev–Trinajstić information content (AvgIpc) is 2.71. The van der Waals surface area contributed by atoms with Crippen molar-refractivity contribution < 1.29 is 9.59 Å². The summed E-state index contributed by atoms with van der Waals surface area (Å²) in [6.45, 7) is 11.0. The second-order valence-corrected chi connectivity index (χ2v) is 8.37. The Bertz CT molecular complexity index is 849. The van der Waals surface area contributed by atoms with E-state index in [0.29, 0.717) is 32.7 Å². The van der Waals surface area contributed by atoms with Gasteiger partial charge in [-0.25, -0.2) is 0 Å². The van der Waals surface area contributed by atoms with E-state index in [1.807, 2.05) is 81.1 Å². The van der Waals surface area contributed by atoms with Gasteiger partial charge in [0.1, 0.15) is 0 Å². The van der Waals surface area contributed by atoms with Crippen LogP contribution in [0.2, 0.25) is 0 Å². The molecule has 5 nitrogen and oxygen atoms in total. The van der Waals surface area contributed by atoms with Gasteiger partial charge >= 0.3 is 0 Å². The smallest absolute Gasteiger partial charge is 0.238 e. The van der Waals surface area contributed by atoms with Crippen molar-refractivity contribution in [3.63, 3.8) is 0 Å². The molecular weight excluding hydrogens is 362 g/mol. The van der Waals surface area contributed by atoms with E-state index in [1.165, 1.54) is 0 Å². The topological polar surface area (TPSA) is 52.7 Å². The Morgan fingerprint density at radius 3 is 2.07 bits per heavy atom. The lowest BCUT2D eigenvalue weighted by Crippen LogP contribution is -2.54. The SMILES string of the molecule is Cc1cccc(C)c1NC(=O)CN1CCN(C(=O)C(C)(C)c2ccccc2)CC1. The maximum atomic E-state index is 13.1. The van der Waals surface area contributed by atoms with Crippen LogP contribution < -0.4 is 5.32 Å². The van der Waals surface area contributed by atoms with Gasteiger partial charge in [-0.15, -0.1) is 0 Å². The van der Waals surface area contributed by atoms with Crippen LogP contribution in [-0.2, 0) is 15.0 Å². The van der Waals surface area contributed by atoms with Crippen LogP contribution in [0.15, 0.2) is 48.5 Å². The van der Waals surface area contributed by atoms with E-state index in [-0.39, 0.29) is 11.8 Å². The number of anilines is 1. The maximum absolute atomic E-state index is 13.1. The Labute approximate surface area is 173 Å². The molecule has 29 heavy (non-hydrogen) atoms. The summed E-state index contributed by atoms with van der Waals surface area (Å²) < 4.78 is 0. The van der Waals surface area contributed by atoms with Gasteiger partial charge in [0, 0.05) is 31.9 Å². The largest absolute Gasteiger partial charge is 0.339 e. The van der Waals surface area contributed by atoms with Crippen molar-refractivity contribution in [2.24, 2.45) is 0 Å². The molecule has 1 heterocycles. The van der Waals surface area contributed by atoms with Gasteiger partial charge in [0.05, 0.1) is 12.0 Å². The van der Waals surface area contributed by atoms with Gasteiger partial charge < -0.3 is 10.2 Å². The van der Waals surface area contributed by atoms with Gasteiger partial charge in [-0.2, -0.15) is 0 Å². The molecule has 1 N–H and O–H groups in total. The Hall–Kier alpha value is -2.66. The van der Waals surface area contributed by atoms with Crippen LogP contribution in [0.5, 0.6) is 0 Å². The number of benzene rings is 2. The van der Waals surface area contributed by atoms with Gasteiger partial charge in [0.2, 0.25) is 11.8 Å². The summed E-state index contributed by atoms with van der Waals surface area (Å²) >= 11 is 0.